The highest BCUT2D eigenvalue weighted by atomic mass is 79.9. The van der Waals surface area contributed by atoms with Gasteiger partial charge in [0, 0.05) is 23.6 Å². The third-order valence-electron chi connectivity index (χ3n) is 6.97. The molecule has 6 heteroatoms. The van der Waals surface area contributed by atoms with Gasteiger partial charge in [0.15, 0.2) is 0 Å². The number of ether oxygens (including phenoxy) is 1. The second-order valence-corrected chi connectivity index (χ2v) is 9.85. The van der Waals surface area contributed by atoms with Crippen molar-refractivity contribution in [2.45, 2.75) is 63.5 Å². The van der Waals surface area contributed by atoms with E-state index in [1.165, 1.54) is 55.0 Å². The monoisotopic (exact) mass is 463 g/mol. The van der Waals surface area contributed by atoms with Gasteiger partial charge in [-0.25, -0.2) is 4.79 Å². The minimum absolute atomic E-state index is 0.166. The van der Waals surface area contributed by atoms with Crippen molar-refractivity contribution in [2.75, 3.05) is 33.3 Å². The first-order valence-electron chi connectivity index (χ1n) is 11.2. The zero-order valence-corrected chi connectivity index (χ0v) is 19.1. The van der Waals surface area contributed by atoms with Crippen molar-refractivity contribution in [3.63, 3.8) is 0 Å². The van der Waals surface area contributed by atoms with Crippen molar-refractivity contribution in [1.82, 2.24) is 15.1 Å². The third-order valence-corrected chi connectivity index (χ3v) is 7.74. The quantitative estimate of drug-likeness (QED) is 0.677. The number of halogens is 1. The van der Waals surface area contributed by atoms with Gasteiger partial charge in [-0.05, 0) is 74.9 Å². The van der Waals surface area contributed by atoms with Crippen molar-refractivity contribution < 1.29 is 9.53 Å². The number of urea groups is 1. The average molecular weight is 464 g/mol. The minimum Gasteiger partial charge on any atom is -0.497 e. The fourth-order valence-electron chi connectivity index (χ4n) is 5.26. The van der Waals surface area contributed by atoms with Crippen molar-refractivity contribution in [1.29, 1.82) is 0 Å². The van der Waals surface area contributed by atoms with E-state index >= 15 is 0 Å². The van der Waals surface area contributed by atoms with Gasteiger partial charge in [0.25, 0.3) is 0 Å². The van der Waals surface area contributed by atoms with E-state index in [0.717, 1.165) is 38.3 Å². The summed E-state index contributed by atoms with van der Waals surface area (Å²) >= 11 is 3.69. The zero-order valence-electron chi connectivity index (χ0n) is 17.5. The zero-order chi connectivity index (χ0) is 20.2. The van der Waals surface area contributed by atoms with Gasteiger partial charge >= 0.3 is 6.03 Å². The number of hydrogen-bond acceptors (Lipinski definition) is 3. The molecule has 3 fully saturated rings. The molecule has 1 N–H and O–H groups in total. The first kappa shape index (κ1) is 21.0. The Bertz CT molecular complexity index is 699. The molecule has 2 amide bonds. The van der Waals surface area contributed by atoms with Gasteiger partial charge in [0.2, 0.25) is 0 Å². The largest absolute Gasteiger partial charge is 0.497 e. The Morgan fingerprint density at radius 3 is 2.62 bits per heavy atom. The SMILES string of the molecule is COc1ccc(Br)c(CC2CCN(CC3CN(C4CCCCC4)C(=O)N3)CC2)c1. The lowest BCUT2D eigenvalue weighted by Crippen LogP contribution is -2.43. The summed E-state index contributed by atoms with van der Waals surface area (Å²) in [5.41, 5.74) is 1.34. The topological polar surface area (TPSA) is 44.8 Å². The van der Waals surface area contributed by atoms with Crippen molar-refractivity contribution >= 4 is 22.0 Å². The molecule has 5 nitrogen and oxygen atoms in total. The van der Waals surface area contributed by atoms with Crippen LogP contribution in [0.1, 0.15) is 50.5 Å². The molecule has 1 aromatic rings. The third kappa shape index (κ3) is 5.26. The number of carbonyl (C=O) groups excluding carboxylic acids is 1. The molecule has 0 bridgehead atoms. The summed E-state index contributed by atoms with van der Waals surface area (Å²) in [6, 6.07) is 7.17. The van der Waals surface area contributed by atoms with Crippen LogP contribution in [-0.4, -0.2) is 61.2 Å². The number of nitrogens with zero attached hydrogens (tertiary/aromatic N) is 2. The van der Waals surface area contributed by atoms with Crippen LogP contribution in [0.25, 0.3) is 0 Å². The maximum absolute atomic E-state index is 12.4. The Balaban J connectivity index is 1.24. The van der Waals surface area contributed by atoms with Crippen LogP contribution in [0.4, 0.5) is 4.79 Å². The highest BCUT2D eigenvalue weighted by molar-refractivity contribution is 9.10. The highest BCUT2D eigenvalue weighted by Gasteiger charge is 2.35. The Hall–Kier alpha value is -1.27. The fourth-order valence-corrected chi connectivity index (χ4v) is 5.67. The normalized spacial score (nSPS) is 24.7. The molecular formula is C23H34BrN3O2. The molecule has 1 unspecified atom stereocenters. The van der Waals surface area contributed by atoms with Crippen LogP contribution in [0.15, 0.2) is 22.7 Å². The summed E-state index contributed by atoms with van der Waals surface area (Å²) in [5.74, 6) is 1.65. The molecular weight excluding hydrogens is 430 g/mol. The molecule has 2 heterocycles. The fraction of sp³-hybridized carbons (Fsp3) is 0.696. The molecule has 3 aliphatic rings. The molecule has 1 aromatic carbocycles. The Morgan fingerprint density at radius 2 is 1.90 bits per heavy atom. The summed E-state index contributed by atoms with van der Waals surface area (Å²) in [6.45, 7) is 4.13. The molecule has 4 rings (SSSR count). The van der Waals surface area contributed by atoms with Gasteiger partial charge < -0.3 is 19.9 Å². The minimum atomic E-state index is 0.166. The first-order valence-corrected chi connectivity index (χ1v) is 12.0. The van der Waals surface area contributed by atoms with E-state index < -0.39 is 0 Å². The Labute approximate surface area is 183 Å². The first-order chi connectivity index (χ1) is 14.1. The number of amides is 2. The van der Waals surface area contributed by atoms with E-state index in [1.54, 1.807) is 7.11 Å². The molecule has 1 aliphatic carbocycles. The predicted molar refractivity (Wildman–Crippen MR) is 119 cm³/mol. The van der Waals surface area contributed by atoms with Crippen LogP contribution in [-0.2, 0) is 6.42 Å². The van der Waals surface area contributed by atoms with Gasteiger partial charge in [-0.2, -0.15) is 0 Å². The van der Waals surface area contributed by atoms with Crippen LogP contribution in [0.5, 0.6) is 5.75 Å². The van der Waals surface area contributed by atoms with E-state index in [2.05, 4.69) is 43.2 Å². The molecule has 29 heavy (non-hydrogen) atoms. The van der Waals surface area contributed by atoms with Crippen molar-refractivity contribution in [2.24, 2.45) is 5.92 Å². The Kier molecular flexibility index (Phi) is 7.01. The van der Waals surface area contributed by atoms with Crippen molar-refractivity contribution in [3.8, 4) is 5.75 Å². The van der Waals surface area contributed by atoms with E-state index in [4.69, 9.17) is 4.74 Å². The number of hydrogen-bond donors (Lipinski definition) is 1. The summed E-state index contributed by atoms with van der Waals surface area (Å²) in [6.07, 6.45) is 9.79. The van der Waals surface area contributed by atoms with E-state index in [0.29, 0.717) is 12.0 Å². The number of nitrogens with one attached hydrogen (secondary N) is 1. The maximum Gasteiger partial charge on any atom is 0.318 e. The van der Waals surface area contributed by atoms with Crippen LogP contribution < -0.4 is 10.1 Å². The van der Waals surface area contributed by atoms with Gasteiger partial charge in [0.1, 0.15) is 5.75 Å². The molecule has 0 spiro atoms. The highest BCUT2D eigenvalue weighted by Crippen LogP contribution is 2.29. The summed E-state index contributed by atoms with van der Waals surface area (Å²) < 4.78 is 6.56. The van der Waals surface area contributed by atoms with E-state index in [-0.39, 0.29) is 12.1 Å². The molecule has 2 aliphatic heterocycles. The maximum atomic E-state index is 12.4. The lowest BCUT2D eigenvalue weighted by Gasteiger charge is -2.34. The molecule has 1 atom stereocenters. The van der Waals surface area contributed by atoms with E-state index in [9.17, 15) is 4.79 Å². The Morgan fingerprint density at radius 1 is 1.14 bits per heavy atom. The van der Waals surface area contributed by atoms with Crippen LogP contribution in [0.2, 0.25) is 0 Å². The number of piperidine rings is 1. The number of likely N-dealkylation sites (tertiary alicyclic amines) is 1. The lowest BCUT2D eigenvalue weighted by molar-refractivity contribution is 0.163. The number of methoxy groups -OCH3 is 1. The van der Waals surface area contributed by atoms with Gasteiger partial charge in [-0.15, -0.1) is 0 Å². The van der Waals surface area contributed by atoms with Crippen molar-refractivity contribution in [3.05, 3.63) is 28.2 Å². The molecule has 2 saturated heterocycles. The molecule has 0 radical (unpaired) electrons. The molecule has 0 aromatic heterocycles. The average Bonchev–Trinajstić information content (AvgIpc) is 3.11. The lowest BCUT2D eigenvalue weighted by atomic mass is 9.90. The summed E-state index contributed by atoms with van der Waals surface area (Å²) in [7, 11) is 1.72. The second-order valence-electron chi connectivity index (χ2n) is 9.00. The number of carbonyl (C=O) groups is 1. The predicted octanol–water partition coefficient (Wildman–Crippen LogP) is 4.44. The molecule has 160 valence electrons. The van der Waals surface area contributed by atoms with Crippen LogP contribution in [0, 0.1) is 5.92 Å². The number of benzene rings is 1. The van der Waals surface area contributed by atoms with Crippen LogP contribution in [0.3, 0.4) is 0 Å². The van der Waals surface area contributed by atoms with Gasteiger partial charge in [-0.3, -0.25) is 0 Å². The van der Waals surface area contributed by atoms with Gasteiger partial charge in [0.05, 0.1) is 13.2 Å². The van der Waals surface area contributed by atoms with Gasteiger partial charge in [-0.1, -0.05) is 35.2 Å². The summed E-state index contributed by atoms with van der Waals surface area (Å²) in [5, 5.41) is 3.24. The smallest absolute Gasteiger partial charge is 0.318 e. The second kappa shape index (κ2) is 9.69. The van der Waals surface area contributed by atoms with E-state index in [1.807, 2.05) is 6.07 Å². The standard InChI is InChI=1S/C23H34BrN3O2/c1-29-21-7-8-22(24)18(14-21)13-17-9-11-26(12-10-17)15-19-16-27(23(28)25-19)20-5-3-2-4-6-20/h7-8,14,17,19-20H,2-6,9-13,15-16H2,1H3,(H,25,28). The van der Waals surface area contributed by atoms with Crippen LogP contribution >= 0.6 is 15.9 Å². The molecule has 1 saturated carbocycles. The number of rotatable bonds is 6. The summed E-state index contributed by atoms with van der Waals surface area (Å²) in [4.78, 5) is 17.1.